The van der Waals surface area contributed by atoms with E-state index in [9.17, 15) is 0 Å². The van der Waals surface area contributed by atoms with Crippen LogP contribution in [0.25, 0.3) is 21.5 Å². The largest absolute Gasteiger partial charge is 1.00 e. The smallest absolute Gasteiger partial charge is 0.0469 e. The first-order chi connectivity index (χ1) is 20.9. The second-order valence-corrected chi connectivity index (χ2v) is 14.6. The molecule has 0 fully saturated rings. The SMILES string of the molecule is CCCCC1[C-]=CC(C(C)(C)C)=C1.Cc1ccc([C](=[Zr+2])c2ccc(C)cc2)cc1.Cc1ccc2c(c1)[cH-]c1cc(C)ccc12.[Cl-].[Cl-]. The molecule has 0 saturated heterocycles. The molecule has 1 aliphatic carbocycles. The summed E-state index contributed by atoms with van der Waals surface area (Å²) in [6.07, 6.45) is 11.9. The molecular formula is C43H48Cl2Zr-2. The minimum Gasteiger partial charge on any atom is -1.00 e. The number of halogens is 2. The molecule has 5 aromatic carbocycles. The van der Waals surface area contributed by atoms with Crippen LogP contribution < -0.4 is 24.8 Å². The standard InChI is InChI=1S/C15H13.C15H14.C13H21.2ClH.Zr/c1-10-3-5-14-12(7-10)9-13-8-11(2)4-6-15(13)14;1-12-3-7-14(8-4-12)11-15-9-5-13(2)6-10-15;1-5-6-7-11-8-9-12(10-11)13(2,3)4;;;/h3-9H,1-2H3;3-10H,1-2H3;9-11H,5-7H2,1-4H3;2*1H;/q-1;;-1;;;+2/p-2. The molecule has 0 saturated carbocycles. The van der Waals surface area contributed by atoms with Gasteiger partial charge in [-0.15, -0.1) is 39.7 Å². The number of fused-ring (bicyclic) bond motifs is 3. The van der Waals surface area contributed by atoms with E-state index in [0.29, 0.717) is 11.3 Å². The number of unbranched alkanes of at least 4 members (excludes halogenated alkanes) is 1. The monoisotopic (exact) mass is 724 g/mol. The predicted molar refractivity (Wildman–Crippen MR) is 190 cm³/mol. The number of hydrogen-bond donors (Lipinski definition) is 0. The third kappa shape index (κ3) is 11.1. The van der Waals surface area contributed by atoms with E-state index in [0.717, 1.165) is 0 Å². The fourth-order valence-corrected chi connectivity index (χ4v) is 6.25. The first-order valence-electron chi connectivity index (χ1n) is 16.0. The average Bonchev–Trinajstić information content (AvgIpc) is 3.61. The zero-order chi connectivity index (χ0) is 31.9. The quantitative estimate of drug-likeness (QED) is 0.198. The summed E-state index contributed by atoms with van der Waals surface area (Å²) < 4.78 is 1.42. The van der Waals surface area contributed by atoms with Crippen LogP contribution in [0.3, 0.4) is 0 Å². The summed E-state index contributed by atoms with van der Waals surface area (Å²) in [4.78, 5) is 0. The summed E-state index contributed by atoms with van der Waals surface area (Å²) in [5, 5.41) is 5.46. The molecule has 0 heterocycles. The van der Waals surface area contributed by atoms with Gasteiger partial charge in [-0.05, 0) is 13.8 Å². The van der Waals surface area contributed by atoms with Gasteiger partial charge in [-0.2, -0.15) is 11.6 Å². The maximum atomic E-state index is 3.43. The van der Waals surface area contributed by atoms with E-state index in [1.165, 1.54) is 107 Å². The Bertz CT molecular complexity index is 1660. The van der Waals surface area contributed by atoms with Crippen LogP contribution in [0.4, 0.5) is 0 Å². The Labute approximate surface area is 305 Å². The van der Waals surface area contributed by atoms with Gasteiger partial charge in [0.05, 0.1) is 0 Å². The molecule has 0 aliphatic heterocycles. The Balaban J connectivity index is 0.000000236. The number of aryl methyl sites for hydroxylation is 4. The first kappa shape index (κ1) is 39.7. The zero-order valence-corrected chi connectivity index (χ0v) is 32.7. The Morgan fingerprint density at radius 3 is 1.52 bits per heavy atom. The number of rotatable bonds is 5. The van der Waals surface area contributed by atoms with Crippen molar-refractivity contribution in [3.05, 3.63) is 148 Å². The molecule has 1 unspecified atom stereocenters. The van der Waals surface area contributed by atoms with Crippen LogP contribution >= 0.6 is 0 Å². The van der Waals surface area contributed by atoms with Gasteiger partial charge in [0.2, 0.25) is 0 Å². The molecule has 0 radical (unpaired) electrons. The van der Waals surface area contributed by atoms with Gasteiger partial charge in [0.25, 0.3) is 0 Å². The van der Waals surface area contributed by atoms with Crippen molar-refractivity contribution in [3.63, 3.8) is 0 Å². The molecule has 6 rings (SSSR count). The fraction of sp³-hybridized carbons (Fsp3) is 0.302. The van der Waals surface area contributed by atoms with Gasteiger partial charge in [-0.25, -0.2) is 6.08 Å². The molecule has 0 aromatic heterocycles. The minimum atomic E-state index is 0. The van der Waals surface area contributed by atoms with Crippen molar-refractivity contribution >= 4 is 24.8 Å². The second-order valence-electron chi connectivity index (χ2n) is 13.4. The van der Waals surface area contributed by atoms with Crippen molar-refractivity contribution in [2.75, 3.05) is 0 Å². The molecule has 0 nitrogen and oxygen atoms in total. The van der Waals surface area contributed by atoms with Gasteiger partial charge in [0, 0.05) is 0 Å². The van der Waals surface area contributed by atoms with E-state index in [2.05, 4.69) is 165 Å². The summed E-state index contributed by atoms with van der Waals surface area (Å²) in [5.74, 6) is 0.592. The molecule has 0 spiro atoms. The molecule has 46 heavy (non-hydrogen) atoms. The Hall–Kier alpha value is -2.44. The average molecular weight is 727 g/mol. The van der Waals surface area contributed by atoms with Gasteiger partial charge in [-0.3, -0.25) is 6.08 Å². The van der Waals surface area contributed by atoms with Crippen molar-refractivity contribution in [1.82, 2.24) is 0 Å². The summed E-state index contributed by atoms with van der Waals surface area (Å²) in [6, 6.07) is 33.1. The van der Waals surface area contributed by atoms with E-state index >= 15 is 0 Å². The van der Waals surface area contributed by atoms with Crippen LogP contribution in [-0.4, -0.2) is 3.21 Å². The van der Waals surface area contributed by atoms with Crippen molar-refractivity contribution in [2.45, 2.75) is 74.7 Å². The van der Waals surface area contributed by atoms with Crippen molar-refractivity contribution < 1.29 is 49.0 Å². The van der Waals surface area contributed by atoms with E-state index < -0.39 is 0 Å². The Kier molecular flexibility index (Phi) is 15.7. The van der Waals surface area contributed by atoms with Crippen LogP contribution in [0.1, 0.15) is 80.3 Å². The van der Waals surface area contributed by atoms with E-state index in [1.807, 2.05) is 0 Å². The molecule has 1 aliphatic rings. The number of hydrogen-bond acceptors (Lipinski definition) is 0. The van der Waals surface area contributed by atoms with Crippen LogP contribution in [0.15, 0.2) is 109 Å². The predicted octanol–water partition coefficient (Wildman–Crippen LogP) is 5.89. The van der Waals surface area contributed by atoms with Gasteiger partial charge in [0.1, 0.15) is 0 Å². The third-order valence-corrected chi connectivity index (χ3v) is 9.68. The van der Waals surface area contributed by atoms with Crippen LogP contribution in [0, 0.1) is 45.1 Å². The normalized spacial score (nSPS) is 13.5. The van der Waals surface area contributed by atoms with Crippen LogP contribution in [0.2, 0.25) is 0 Å². The first-order valence-corrected chi connectivity index (χ1v) is 17.3. The van der Waals surface area contributed by atoms with E-state index in [1.54, 1.807) is 0 Å². The number of allylic oxidation sites excluding steroid dienone is 4. The molecule has 0 amide bonds. The van der Waals surface area contributed by atoms with Crippen LogP contribution in [-0.2, 0) is 24.2 Å². The minimum absolute atomic E-state index is 0. The van der Waals surface area contributed by atoms with Gasteiger partial charge < -0.3 is 24.8 Å². The molecule has 5 aromatic rings. The van der Waals surface area contributed by atoms with Crippen molar-refractivity contribution in [3.8, 4) is 0 Å². The van der Waals surface area contributed by atoms with Gasteiger partial charge >= 0.3 is 112 Å². The second kappa shape index (κ2) is 18.2. The maximum absolute atomic E-state index is 3.43. The molecule has 3 heteroatoms. The molecule has 1 atom stereocenters. The zero-order valence-electron chi connectivity index (χ0n) is 28.8. The third-order valence-electron chi connectivity index (χ3n) is 8.26. The summed E-state index contributed by atoms with van der Waals surface area (Å²) in [7, 11) is 0. The summed E-state index contributed by atoms with van der Waals surface area (Å²) in [6.45, 7) is 17.6. The van der Waals surface area contributed by atoms with E-state index in [-0.39, 0.29) is 24.8 Å². The van der Waals surface area contributed by atoms with Crippen molar-refractivity contribution in [2.24, 2.45) is 11.3 Å². The molecule has 240 valence electrons. The Morgan fingerprint density at radius 1 is 0.696 bits per heavy atom. The van der Waals surface area contributed by atoms with Crippen molar-refractivity contribution in [1.29, 1.82) is 0 Å². The van der Waals surface area contributed by atoms with Gasteiger partial charge in [0.15, 0.2) is 0 Å². The van der Waals surface area contributed by atoms with E-state index in [4.69, 9.17) is 0 Å². The van der Waals surface area contributed by atoms with Gasteiger partial charge in [-0.1, -0.05) is 93.7 Å². The van der Waals surface area contributed by atoms with Crippen LogP contribution in [0.5, 0.6) is 0 Å². The molecule has 0 N–H and O–H groups in total. The molecule has 0 bridgehead atoms. The number of benzene rings is 4. The molecular weight excluding hydrogens is 679 g/mol. The topological polar surface area (TPSA) is 0 Å². The summed E-state index contributed by atoms with van der Waals surface area (Å²) in [5.41, 5.74) is 9.72. The fourth-order valence-electron chi connectivity index (χ4n) is 5.44. The summed E-state index contributed by atoms with van der Waals surface area (Å²) >= 11 is 1.46. The maximum Gasteiger partial charge on any atom is -0.0469 e. The Morgan fingerprint density at radius 2 is 1.13 bits per heavy atom.